The predicted octanol–water partition coefficient (Wildman–Crippen LogP) is 4.60. The zero-order chi connectivity index (χ0) is 19.2. The Morgan fingerprint density at radius 2 is 1.93 bits per heavy atom. The predicted molar refractivity (Wildman–Crippen MR) is 113 cm³/mol. The smallest absolute Gasteiger partial charge is 0.0749 e. The summed E-state index contributed by atoms with van der Waals surface area (Å²) in [5.41, 5.74) is 1.61. The lowest BCUT2D eigenvalue weighted by atomic mass is 9.89. The van der Waals surface area contributed by atoms with E-state index in [-0.39, 0.29) is 18.1 Å². The molecule has 0 aromatic heterocycles. The molecule has 3 aliphatic rings. The summed E-state index contributed by atoms with van der Waals surface area (Å²) in [7, 11) is 0. The van der Waals surface area contributed by atoms with Crippen molar-refractivity contribution in [2.24, 2.45) is 23.7 Å². The molecule has 0 heterocycles. The zero-order valence-electron chi connectivity index (χ0n) is 17.4. The van der Waals surface area contributed by atoms with Gasteiger partial charge in [-0.25, -0.2) is 0 Å². The molecule has 154 valence electrons. The molecule has 0 bridgehead atoms. The summed E-state index contributed by atoms with van der Waals surface area (Å²) < 4.78 is 0. The van der Waals surface area contributed by atoms with Crippen LogP contribution in [0.2, 0.25) is 0 Å². The van der Waals surface area contributed by atoms with Crippen molar-refractivity contribution in [2.75, 3.05) is 6.54 Å². The average Bonchev–Trinajstić information content (AvgIpc) is 3.33. The van der Waals surface area contributed by atoms with E-state index in [2.05, 4.69) is 31.3 Å². The summed E-state index contributed by atoms with van der Waals surface area (Å²) in [6.45, 7) is 5.52. The number of rotatable bonds is 9. The Kier molecular flexibility index (Phi) is 7.98. The second-order valence-electron chi connectivity index (χ2n) is 9.60. The van der Waals surface area contributed by atoms with Crippen molar-refractivity contribution >= 4 is 0 Å². The number of aliphatic hydroxyl groups is 2. The van der Waals surface area contributed by atoms with Crippen molar-refractivity contribution in [1.29, 1.82) is 0 Å². The van der Waals surface area contributed by atoms with Crippen molar-refractivity contribution in [2.45, 2.75) is 96.3 Å². The Morgan fingerprint density at radius 1 is 1.15 bits per heavy atom. The van der Waals surface area contributed by atoms with E-state index in [0.717, 1.165) is 32.2 Å². The number of unbranched alkanes of at least 4 members (excludes halogenated alkanes) is 2. The van der Waals surface area contributed by atoms with Crippen LogP contribution >= 0.6 is 0 Å². The Morgan fingerprint density at radius 3 is 2.67 bits per heavy atom. The Hall–Kier alpha value is -0.640. The molecule has 0 aromatic carbocycles. The zero-order valence-corrected chi connectivity index (χ0v) is 17.4. The van der Waals surface area contributed by atoms with Crippen LogP contribution in [0, 0.1) is 23.7 Å². The molecule has 0 radical (unpaired) electrons. The highest BCUT2D eigenvalue weighted by molar-refractivity contribution is 5.18. The fourth-order valence-electron chi connectivity index (χ4n) is 5.60. The molecule has 0 aliphatic heterocycles. The molecular weight excluding hydrogens is 334 g/mol. The van der Waals surface area contributed by atoms with Gasteiger partial charge in [0.25, 0.3) is 0 Å². The third-order valence-electron chi connectivity index (χ3n) is 7.14. The van der Waals surface area contributed by atoms with Crippen LogP contribution in [0.4, 0.5) is 0 Å². The summed E-state index contributed by atoms with van der Waals surface area (Å²) in [6.07, 6.45) is 17.9. The van der Waals surface area contributed by atoms with Crippen LogP contribution < -0.4 is 5.32 Å². The lowest BCUT2D eigenvalue weighted by Crippen LogP contribution is -2.23. The molecular formula is C24H41NO2. The molecule has 3 N–H and O–H groups in total. The maximum Gasteiger partial charge on any atom is 0.0749 e. The van der Waals surface area contributed by atoms with E-state index >= 15 is 0 Å². The maximum atomic E-state index is 10.5. The van der Waals surface area contributed by atoms with Crippen molar-refractivity contribution in [3.05, 3.63) is 23.8 Å². The first-order valence-electron chi connectivity index (χ1n) is 11.5. The van der Waals surface area contributed by atoms with Gasteiger partial charge in [-0.1, -0.05) is 50.5 Å². The molecule has 0 aromatic rings. The lowest BCUT2D eigenvalue weighted by Gasteiger charge is -2.19. The standard InChI is InChI=1S/C24H41NO2/c1-17(2)25-13-7-3-4-8-18-14-20-16-24(27)21(22(20)15-18)11-12-23(26)19-9-5-6-10-19/h8,11-12,17,19-27H,3-7,9-10,13-16H2,1-2H3/b12-11+,18-8+/t20-,21+,22-,23+,24+/m0/s1. The third kappa shape index (κ3) is 5.92. The molecule has 3 aliphatic carbocycles. The van der Waals surface area contributed by atoms with Crippen LogP contribution in [-0.2, 0) is 0 Å². The molecule has 0 saturated heterocycles. The van der Waals surface area contributed by atoms with Crippen LogP contribution in [0.1, 0.15) is 78.1 Å². The van der Waals surface area contributed by atoms with Gasteiger partial charge in [0, 0.05) is 12.0 Å². The minimum absolute atomic E-state index is 0.212. The summed E-state index contributed by atoms with van der Waals surface area (Å²) in [6, 6.07) is 0.584. The van der Waals surface area contributed by atoms with Crippen LogP contribution in [0.5, 0.6) is 0 Å². The van der Waals surface area contributed by atoms with Gasteiger partial charge in [0.05, 0.1) is 12.2 Å². The quantitative estimate of drug-likeness (QED) is 0.408. The van der Waals surface area contributed by atoms with E-state index in [4.69, 9.17) is 0 Å². The second-order valence-corrected chi connectivity index (χ2v) is 9.60. The molecule has 0 spiro atoms. The fourth-order valence-corrected chi connectivity index (χ4v) is 5.60. The SMILES string of the molecule is CC(C)NCCCC/C=C1\C[C@H]2C[C@@H](O)[C@H](/C=C/[C@@H](O)C3CCCC3)[C@H]2C1. The number of hydrogen-bond acceptors (Lipinski definition) is 3. The van der Waals surface area contributed by atoms with Crippen molar-refractivity contribution in [3.8, 4) is 0 Å². The maximum absolute atomic E-state index is 10.5. The summed E-state index contributed by atoms with van der Waals surface area (Å²) in [5, 5.41) is 24.4. The van der Waals surface area contributed by atoms with Gasteiger partial charge in [-0.05, 0) is 75.7 Å². The Bertz CT molecular complexity index is 507. The largest absolute Gasteiger partial charge is 0.392 e. The molecule has 3 nitrogen and oxygen atoms in total. The van der Waals surface area contributed by atoms with Gasteiger partial charge < -0.3 is 15.5 Å². The minimum atomic E-state index is -0.311. The molecule has 3 fully saturated rings. The number of aliphatic hydroxyl groups excluding tert-OH is 2. The molecule has 0 unspecified atom stereocenters. The van der Waals surface area contributed by atoms with Crippen LogP contribution in [0.15, 0.2) is 23.8 Å². The van der Waals surface area contributed by atoms with Crippen molar-refractivity contribution in [3.63, 3.8) is 0 Å². The van der Waals surface area contributed by atoms with E-state index in [1.54, 1.807) is 5.57 Å². The van der Waals surface area contributed by atoms with Crippen LogP contribution in [-0.4, -0.2) is 35.0 Å². The van der Waals surface area contributed by atoms with Gasteiger partial charge in [-0.2, -0.15) is 0 Å². The highest BCUT2D eigenvalue weighted by Gasteiger charge is 2.45. The second kappa shape index (κ2) is 10.2. The van der Waals surface area contributed by atoms with E-state index < -0.39 is 0 Å². The van der Waals surface area contributed by atoms with Crippen molar-refractivity contribution < 1.29 is 10.2 Å². The number of nitrogens with one attached hydrogen (secondary N) is 1. The topological polar surface area (TPSA) is 52.5 Å². The minimum Gasteiger partial charge on any atom is -0.392 e. The van der Waals surface area contributed by atoms with Gasteiger partial charge in [-0.3, -0.25) is 0 Å². The monoisotopic (exact) mass is 375 g/mol. The Balaban J connectivity index is 1.44. The first kappa shape index (κ1) is 21.1. The number of hydrogen-bond donors (Lipinski definition) is 3. The van der Waals surface area contributed by atoms with E-state index in [9.17, 15) is 10.2 Å². The Labute approximate surface area is 166 Å². The van der Waals surface area contributed by atoms with Gasteiger partial charge in [0.15, 0.2) is 0 Å². The molecule has 3 heteroatoms. The lowest BCUT2D eigenvalue weighted by molar-refractivity contribution is 0.135. The number of allylic oxidation sites excluding steroid dienone is 2. The number of fused-ring (bicyclic) bond motifs is 1. The average molecular weight is 376 g/mol. The summed E-state index contributed by atoms with van der Waals surface area (Å²) in [5.74, 6) is 1.92. The third-order valence-corrected chi connectivity index (χ3v) is 7.14. The van der Waals surface area contributed by atoms with Gasteiger partial charge in [0.1, 0.15) is 0 Å². The first-order valence-corrected chi connectivity index (χ1v) is 11.5. The molecule has 3 saturated carbocycles. The van der Waals surface area contributed by atoms with E-state index in [1.807, 2.05) is 6.08 Å². The van der Waals surface area contributed by atoms with Gasteiger partial charge >= 0.3 is 0 Å². The highest BCUT2D eigenvalue weighted by atomic mass is 16.3. The summed E-state index contributed by atoms with van der Waals surface area (Å²) >= 11 is 0. The fraction of sp³-hybridized carbons (Fsp3) is 0.833. The molecule has 5 atom stereocenters. The van der Waals surface area contributed by atoms with Crippen molar-refractivity contribution in [1.82, 2.24) is 5.32 Å². The van der Waals surface area contributed by atoms with Crippen LogP contribution in [0.25, 0.3) is 0 Å². The summed E-state index contributed by atoms with van der Waals surface area (Å²) in [4.78, 5) is 0. The molecule has 3 rings (SSSR count). The highest BCUT2D eigenvalue weighted by Crippen LogP contribution is 2.50. The van der Waals surface area contributed by atoms with E-state index in [1.165, 1.54) is 38.5 Å². The normalized spacial score (nSPS) is 34.3. The van der Waals surface area contributed by atoms with Gasteiger partial charge in [-0.15, -0.1) is 0 Å². The van der Waals surface area contributed by atoms with Crippen LogP contribution in [0.3, 0.4) is 0 Å². The molecule has 0 amide bonds. The molecule has 27 heavy (non-hydrogen) atoms. The first-order chi connectivity index (χ1) is 13.0. The van der Waals surface area contributed by atoms with Gasteiger partial charge in [0.2, 0.25) is 0 Å². The van der Waals surface area contributed by atoms with E-state index in [0.29, 0.717) is 23.8 Å².